The van der Waals surface area contributed by atoms with Crippen molar-refractivity contribution < 1.29 is 10.2 Å². The normalized spacial score (nSPS) is 18.6. The molecule has 1 heterocycles. The number of nitrogens with zero attached hydrogens (tertiary/aromatic N) is 2. The molecule has 0 aliphatic heterocycles. The molecule has 6 heteroatoms. The van der Waals surface area contributed by atoms with Crippen LogP contribution in [0, 0.1) is 0 Å². The highest BCUT2D eigenvalue weighted by atomic mass is 16.3. The van der Waals surface area contributed by atoms with Gasteiger partial charge in [0.25, 0.3) is 0 Å². The summed E-state index contributed by atoms with van der Waals surface area (Å²) < 4.78 is 0. The van der Waals surface area contributed by atoms with E-state index in [1.54, 1.807) is 6.07 Å². The van der Waals surface area contributed by atoms with E-state index in [1.807, 2.05) is 13.0 Å². The van der Waals surface area contributed by atoms with Crippen LogP contribution in [0.15, 0.2) is 18.5 Å². The van der Waals surface area contributed by atoms with Crippen molar-refractivity contribution in [2.24, 2.45) is 5.73 Å². The molecule has 1 saturated carbocycles. The Hall–Kier alpha value is -2.18. The van der Waals surface area contributed by atoms with Gasteiger partial charge in [-0.15, -0.1) is 0 Å². The first kappa shape index (κ1) is 22.5. The van der Waals surface area contributed by atoms with Crippen LogP contribution in [0.4, 0.5) is 5.82 Å². The number of aromatic nitrogens is 2. The van der Waals surface area contributed by atoms with Crippen LogP contribution in [-0.4, -0.2) is 32.8 Å². The number of hydrogen-bond acceptors (Lipinski definition) is 6. The minimum absolute atomic E-state index is 0.0754. The van der Waals surface area contributed by atoms with Crippen LogP contribution in [0.2, 0.25) is 0 Å². The highest BCUT2D eigenvalue weighted by Crippen LogP contribution is 2.48. The molecule has 1 unspecified atom stereocenters. The Morgan fingerprint density at radius 1 is 1.17 bits per heavy atom. The molecule has 0 amide bonds. The van der Waals surface area contributed by atoms with Crippen LogP contribution in [0.25, 0.3) is 11.3 Å². The van der Waals surface area contributed by atoms with Gasteiger partial charge >= 0.3 is 0 Å². The van der Waals surface area contributed by atoms with Crippen LogP contribution >= 0.6 is 0 Å². The van der Waals surface area contributed by atoms with E-state index in [-0.39, 0.29) is 23.7 Å². The fourth-order valence-electron chi connectivity index (χ4n) is 4.89. The van der Waals surface area contributed by atoms with Crippen LogP contribution in [0.1, 0.15) is 81.9 Å². The predicted molar refractivity (Wildman–Crippen MR) is 121 cm³/mol. The number of nitrogens with two attached hydrogens (primary N) is 2. The number of phenolic OH excluding ortho intramolecular Hbond substituents is 1. The predicted octanol–water partition coefficient (Wildman–Crippen LogP) is 4.03. The average Bonchev–Trinajstić information content (AvgIpc) is 2.68. The molecule has 6 nitrogen and oxygen atoms in total. The second kappa shape index (κ2) is 9.31. The van der Waals surface area contributed by atoms with Gasteiger partial charge in [0.15, 0.2) is 0 Å². The number of nitrogen functional groups attached to an aromatic ring is 1. The molecule has 6 N–H and O–H groups in total. The highest BCUT2D eigenvalue weighted by molar-refractivity contribution is 5.77. The van der Waals surface area contributed by atoms with E-state index in [0.717, 1.165) is 34.4 Å². The maximum atomic E-state index is 10.4. The van der Waals surface area contributed by atoms with Crippen LogP contribution < -0.4 is 11.5 Å². The number of aromatic hydroxyl groups is 1. The Kier molecular flexibility index (Phi) is 6.98. The molecule has 0 spiro atoms. The van der Waals surface area contributed by atoms with Crippen molar-refractivity contribution in [3.63, 3.8) is 0 Å². The third-order valence-corrected chi connectivity index (χ3v) is 6.47. The quantitative estimate of drug-likeness (QED) is 0.604. The molecule has 0 bridgehead atoms. The summed E-state index contributed by atoms with van der Waals surface area (Å²) >= 11 is 0. The van der Waals surface area contributed by atoms with Crippen molar-refractivity contribution in [1.82, 2.24) is 9.97 Å². The number of aliphatic hydroxyl groups excluding tert-OH is 1. The summed E-state index contributed by atoms with van der Waals surface area (Å²) in [4.78, 5) is 8.62. The van der Waals surface area contributed by atoms with Crippen LogP contribution in [-0.2, 0) is 11.8 Å². The van der Waals surface area contributed by atoms with E-state index in [9.17, 15) is 10.2 Å². The van der Waals surface area contributed by atoms with Gasteiger partial charge in [0.1, 0.15) is 17.9 Å². The second-order valence-corrected chi connectivity index (χ2v) is 9.38. The van der Waals surface area contributed by atoms with Crippen LogP contribution in [0.3, 0.4) is 0 Å². The average molecular weight is 413 g/mol. The summed E-state index contributed by atoms with van der Waals surface area (Å²) in [6.07, 6.45) is 9.52. The summed E-state index contributed by atoms with van der Waals surface area (Å²) in [6, 6.07) is 4.15. The van der Waals surface area contributed by atoms with Gasteiger partial charge in [-0.05, 0) is 54.7 Å². The van der Waals surface area contributed by atoms with Crippen molar-refractivity contribution in [2.45, 2.75) is 83.1 Å². The van der Waals surface area contributed by atoms with E-state index >= 15 is 0 Å². The van der Waals surface area contributed by atoms with Crippen LogP contribution in [0.5, 0.6) is 5.75 Å². The molecule has 2 aliphatic carbocycles. The number of anilines is 1. The van der Waals surface area contributed by atoms with Gasteiger partial charge in [-0.3, -0.25) is 0 Å². The lowest BCUT2D eigenvalue weighted by Crippen LogP contribution is -2.29. The molecule has 1 atom stereocenters. The molecule has 2 aromatic rings. The first-order valence-corrected chi connectivity index (χ1v) is 11.1. The number of benzene rings is 1. The molecule has 2 aliphatic rings. The Morgan fingerprint density at radius 3 is 2.47 bits per heavy atom. The Bertz CT molecular complexity index is 876. The van der Waals surface area contributed by atoms with Crippen molar-refractivity contribution in [1.29, 1.82) is 0 Å². The van der Waals surface area contributed by atoms with Gasteiger partial charge in [-0.1, -0.05) is 40.0 Å². The van der Waals surface area contributed by atoms with Gasteiger partial charge in [-0.2, -0.15) is 0 Å². The Morgan fingerprint density at radius 2 is 1.87 bits per heavy atom. The lowest BCUT2D eigenvalue weighted by molar-refractivity contribution is 0.277. The first-order valence-electron chi connectivity index (χ1n) is 11.1. The minimum Gasteiger partial charge on any atom is -0.508 e. The molecular formula is C24H36N4O2. The van der Waals surface area contributed by atoms with E-state index in [2.05, 4.69) is 23.8 Å². The molecule has 1 aromatic carbocycles. The molecule has 0 saturated heterocycles. The molecule has 0 radical (unpaired) electrons. The number of aliphatic hydroxyl groups is 1. The van der Waals surface area contributed by atoms with Gasteiger partial charge in [-0.25, -0.2) is 9.97 Å². The topological polar surface area (TPSA) is 118 Å². The van der Waals surface area contributed by atoms with E-state index in [1.165, 1.54) is 38.4 Å². The third-order valence-electron chi connectivity index (χ3n) is 6.47. The number of hydrogen-bond donors (Lipinski definition) is 4. The van der Waals surface area contributed by atoms with E-state index < -0.39 is 0 Å². The SMILES string of the molecule is CC(CCO)c1c(O)ccc2c1CC(C)(C)c1c(N)ncnc1-2.NC1CCCCC1. The standard InChI is InChI=1S/C18H23N3O2.C6H13N/c1-10(6-7-22)14-12-8-18(2,3)15-16(20-9-21-17(15)19)11(12)4-5-13(14)23;7-6-4-2-1-3-5-6/h4-5,9-10,22-23H,6-8H2,1-3H3,(H2,19,20,21);6H,1-5,7H2. The fraction of sp³-hybridized carbons (Fsp3) is 0.583. The number of fused-ring (bicyclic) bond motifs is 3. The summed E-state index contributed by atoms with van der Waals surface area (Å²) in [6.45, 7) is 6.37. The molecule has 164 valence electrons. The fourth-order valence-corrected chi connectivity index (χ4v) is 4.89. The Balaban J connectivity index is 0.000000310. The second-order valence-electron chi connectivity index (χ2n) is 9.38. The molecule has 1 aromatic heterocycles. The Labute approximate surface area is 179 Å². The summed E-state index contributed by atoms with van der Waals surface area (Å²) in [5.41, 5.74) is 16.4. The zero-order valence-corrected chi connectivity index (χ0v) is 18.5. The van der Waals surface area contributed by atoms with Gasteiger partial charge in [0.2, 0.25) is 0 Å². The molecule has 1 fully saturated rings. The number of rotatable bonds is 3. The lowest BCUT2D eigenvalue weighted by atomic mass is 9.69. The number of phenols is 1. The molecule has 4 rings (SSSR count). The zero-order chi connectivity index (χ0) is 21.9. The smallest absolute Gasteiger partial charge is 0.131 e. The third kappa shape index (κ3) is 4.60. The van der Waals surface area contributed by atoms with Gasteiger partial charge in [0.05, 0.1) is 5.69 Å². The van der Waals surface area contributed by atoms with Crippen molar-refractivity contribution in [2.75, 3.05) is 12.3 Å². The van der Waals surface area contributed by atoms with Crippen molar-refractivity contribution in [3.8, 4) is 17.0 Å². The van der Waals surface area contributed by atoms with E-state index in [4.69, 9.17) is 11.5 Å². The maximum Gasteiger partial charge on any atom is 0.131 e. The summed E-state index contributed by atoms with van der Waals surface area (Å²) in [5, 5.41) is 19.7. The monoisotopic (exact) mass is 412 g/mol. The zero-order valence-electron chi connectivity index (χ0n) is 18.5. The van der Waals surface area contributed by atoms with Crippen molar-refractivity contribution >= 4 is 5.82 Å². The lowest BCUT2D eigenvalue weighted by Gasteiger charge is -2.35. The maximum absolute atomic E-state index is 10.4. The summed E-state index contributed by atoms with van der Waals surface area (Å²) in [5.74, 6) is 0.876. The van der Waals surface area contributed by atoms with Crippen molar-refractivity contribution in [3.05, 3.63) is 35.2 Å². The minimum atomic E-state index is -0.213. The van der Waals surface area contributed by atoms with Gasteiger partial charge in [0, 0.05) is 29.3 Å². The first-order chi connectivity index (χ1) is 14.3. The highest BCUT2D eigenvalue weighted by Gasteiger charge is 2.36. The molecular weight excluding hydrogens is 376 g/mol. The van der Waals surface area contributed by atoms with E-state index in [0.29, 0.717) is 18.3 Å². The molecule has 30 heavy (non-hydrogen) atoms. The summed E-state index contributed by atoms with van der Waals surface area (Å²) in [7, 11) is 0. The largest absolute Gasteiger partial charge is 0.508 e. The van der Waals surface area contributed by atoms with Gasteiger partial charge < -0.3 is 21.7 Å².